The van der Waals surface area contributed by atoms with Gasteiger partial charge in [-0.2, -0.15) is 0 Å². The summed E-state index contributed by atoms with van der Waals surface area (Å²) >= 11 is 5.61. The van der Waals surface area contributed by atoms with E-state index in [1.54, 1.807) is 12.4 Å². The molecule has 2 heterocycles. The van der Waals surface area contributed by atoms with Crippen molar-refractivity contribution < 1.29 is 8.42 Å². The van der Waals surface area contributed by atoms with Crippen molar-refractivity contribution in [2.75, 3.05) is 6.54 Å². The molecule has 0 fully saturated rings. The Hall–Kier alpha value is -1.50. The Kier molecular flexibility index (Phi) is 4.47. The van der Waals surface area contributed by atoms with E-state index in [-0.39, 0.29) is 10.0 Å². The number of aromatic nitrogens is 2. The SMILES string of the molecule is O=S(=O)(NCCc1ccncc1)c1ccc(Cl)nc1. The summed E-state index contributed by atoms with van der Waals surface area (Å²) in [5, 5.41) is 0.260. The van der Waals surface area contributed by atoms with E-state index in [0.29, 0.717) is 13.0 Å². The Labute approximate surface area is 116 Å². The predicted octanol–water partition coefficient (Wildman–Crippen LogP) is 1.65. The second-order valence-electron chi connectivity index (χ2n) is 3.82. The van der Waals surface area contributed by atoms with E-state index in [9.17, 15) is 8.42 Å². The highest BCUT2D eigenvalue weighted by Gasteiger charge is 2.13. The van der Waals surface area contributed by atoms with E-state index in [1.165, 1.54) is 18.3 Å². The molecule has 2 rings (SSSR count). The molecule has 0 aliphatic carbocycles. The first-order valence-electron chi connectivity index (χ1n) is 5.58. The topological polar surface area (TPSA) is 72.0 Å². The van der Waals surface area contributed by atoms with E-state index >= 15 is 0 Å². The van der Waals surface area contributed by atoms with Crippen LogP contribution in [0, 0.1) is 0 Å². The number of hydrogen-bond acceptors (Lipinski definition) is 4. The van der Waals surface area contributed by atoms with Gasteiger partial charge in [-0.1, -0.05) is 11.6 Å². The number of nitrogens with zero attached hydrogens (tertiary/aromatic N) is 2. The molecule has 100 valence electrons. The van der Waals surface area contributed by atoms with Crippen molar-refractivity contribution in [2.45, 2.75) is 11.3 Å². The van der Waals surface area contributed by atoms with Crippen molar-refractivity contribution >= 4 is 21.6 Å². The minimum absolute atomic E-state index is 0.103. The van der Waals surface area contributed by atoms with Gasteiger partial charge in [0.2, 0.25) is 10.0 Å². The maximum Gasteiger partial charge on any atom is 0.242 e. The van der Waals surface area contributed by atoms with Crippen LogP contribution in [0.5, 0.6) is 0 Å². The zero-order valence-corrected chi connectivity index (χ0v) is 11.5. The van der Waals surface area contributed by atoms with Gasteiger partial charge in [-0.05, 0) is 36.2 Å². The Morgan fingerprint density at radius 3 is 2.53 bits per heavy atom. The molecule has 0 spiro atoms. The smallest absolute Gasteiger partial charge is 0.242 e. The number of halogens is 1. The largest absolute Gasteiger partial charge is 0.265 e. The minimum atomic E-state index is -3.53. The Balaban J connectivity index is 1.97. The van der Waals surface area contributed by atoms with Crippen LogP contribution < -0.4 is 4.72 Å². The molecule has 0 radical (unpaired) electrons. The van der Waals surface area contributed by atoms with Crippen LogP contribution in [-0.2, 0) is 16.4 Å². The highest BCUT2D eigenvalue weighted by Crippen LogP contribution is 2.10. The second kappa shape index (κ2) is 6.10. The minimum Gasteiger partial charge on any atom is -0.265 e. The van der Waals surface area contributed by atoms with Gasteiger partial charge >= 0.3 is 0 Å². The number of rotatable bonds is 5. The first-order chi connectivity index (χ1) is 9.08. The molecule has 0 bridgehead atoms. The molecule has 0 unspecified atom stereocenters. The van der Waals surface area contributed by atoms with Crippen LogP contribution in [0.2, 0.25) is 5.15 Å². The summed E-state index contributed by atoms with van der Waals surface area (Å²) in [6.07, 6.45) is 5.18. The van der Waals surface area contributed by atoms with Gasteiger partial charge in [0.25, 0.3) is 0 Å². The molecule has 0 aliphatic rings. The molecule has 2 aromatic rings. The predicted molar refractivity (Wildman–Crippen MR) is 72.4 cm³/mol. The molecule has 5 nitrogen and oxygen atoms in total. The van der Waals surface area contributed by atoms with Crippen LogP contribution in [0.3, 0.4) is 0 Å². The average Bonchev–Trinajstić information content (AvgIpc) is 2.40. The molecule has 19 heavy (non-hydrogen) atoms. The summed E-state index contributed by atoms with van der Waals surface area (Å²) in [6.45, 7) is 0.314. The third kappa shape index (κ3) is 3.99. The number of pyridine rings is 2. The van der Waals surface area contributed by atoms with Crippen molar-refractivity contribution in [3.63, 3.8) is 0 Å². The third-order valence-electron chi connectivity index (χ3n) is 2.47. The van der Waals surface area contributed by atoms with E-state index in [2.05, 4.69) is 14.7 Å². The van der Waals surface area contributed by atoms with Crippen LogP contribution in [-0.4, -0.2) is 24.9 Å². The van der Waals surface area contributed by atoms with Gasteiger partial charge in [0, 0.05) is 25.1 Å². The monoisotopic (exact) mass is 297 g/mol. The number of hydrogen-bond donors (Lipinski definition) is 1. The average molecular weight is 298 g/mol. The van der Waals surface area contributed by atoms with Gasteiger partial charge in [0.1, 0.15) is 10.0 Å². The van der Waals surface area contributed by atoms with Crippen LogP contribution >= 0.6 is 11.6 Å². The molecule has 1 N–H and O–H groups in total. The van der Waals surface area contributed by atoms with Gasteiger partial charge in [0.15, 0.2) is 0 Å². The highest BCUT2D eigenvalue weighted by molar-refractivity contribution is 7.89. The van der Waals surface area contributed by atoms with Crippen molar-refractivity contribution in [1.82, 2.24) is 14.7 Å². The number of nitrogens with one attached hydrogen (secondary N) is 1. The zero-order valence-electron chi connectivity index (χ0n) is 9.95. The van der Waals surface area contributed by atoms with Gasteiger partial charge in [-0.25, -0.2) is 18.1 Å². The van der Waals surface area contributed by atoms with Crippen molar-refractivity contribution in [1.29, 1.82) is 0 Å². The Morgan fingerprint density at radius 1 is 1.16 bits per heavy atom. The van der Waals surface area contributed by atoms with E-state index in [0.717, 1.165) is 5.56 Å². The first-order valence-corrected chi connectivity index (χ1v) is 7.44. The lowest BCUT2D eigenvalue weighted by Crippen LogP contribution is -2.26. The van der Waals surface area contributed by atoms with Crippen LogP contribution in [0.4, 0.5) is 0 Å². The molecule has 7 heteroatoms. The van der Waals surface area contributed by atoms with Crippen molar-refractivity contribution in [2.24, 2.45) is 0 Å². The lowest BCUT2D eigenvalue weighted by Gasteiger charge is -2.06. The molecule has 0 aliphatic heterocycles. The molecule has 0 saturated carbocycles. The first kappa shape index (κ1) is 13.9. The Bertz CT molecular complexity index is 630. The summed E-state index contributed by atoms with van der Waals surface area (Å²) in [7, 11) is -3.53. The highest BCUT2D eigenvalue weighted by atomic mass is 35.5. The second-order valence-corrected chi connectivity index (χ2v) is 5.97. The number of sulfonamides is 1. The van der Waals surface area contributed by atoms with Gasteiger partial charge in [-0.15, -0.1) is 0 Å². The summed E-state index contributed by atoms with van der Waals surface area (Å²) in [4.78, 5) is 7.75. The molecule has 0 amide bonds. The zero-order chi connectivity index (χ0) is 13.7. The van der Waals surface area contributed by atoms with Crippen molar-refractivity contribution in [3.05, 3.63) is 53.6 Å². The normalized spacial score (nSPS) is 11.4. The third-order valence-corrected chi connectivity index (χ3v) is 4.14. The molecule has 0 saturated heterocycles. The molecule has 0 aromatic carbocycles. The fourth-order valence-corrected chi connectivity index (χ4v) is 2.57. The van der Waals surface area contributed by atoms with Crippen LogP contribution in [0.25, 0.3) is 0 Å². The molecular formula is C12H12ClN3O2S. The van der Waals surface area contributed by atoms with Crippen LogP contribution in [0.1, 0.15) is 5.56 Å². The Morgan fingerprint density at radius 2 is 1.89 bits per heavy atom. The fourth-order valence-electron chi connectivity index (χ4n) is 1.48. The van der Waals surface area contributed by atoms with Gasteiger partial charge < -0.3 is 0 Å². The summed E-state index contributed by atoms with van der Waals surface area (Å²) < 4.78 is 26.4. The quantitative estimate of drug-likeness (QED) is 0.852. The maximum atomic E-state index is 11.9. The summed E-state index contributed by atoms with van der Waals surface area (Å²) in [5.74, 6) is 0. The molecule has 2 aromatic heterocycles. The lowest BCUT2D eigenvalue weighted by atomic mass is 10.2. The fraction of sp³-hybridized carbons (Fsp3) is 0.167. The van der Waals surface area contributed by atoms with E-state index in [4.69, 9.17) is 11.6 Å². The van der Waals surface area contributed by atoms with Crippen molar-refractivity contribution in [3.8, 4) is 0 Å². The van der Waals surface area contributed by atoms with Gasteiger partial charge in [0.05, 0.1) is 0 Å². The molecule has 0 atom stereocenters. The maximum absolute atomic E-state index is 11.9. The summed E-state index contributed by atoms with van der Waals surface area (Å²) in [6, 6.07) is 6.55. The molecular weight excluding hydrogens is 286 g/mol. The lowest BCUT2D eigenvalue weighted by molar-refractivity contribution is 0.581. The van der Waals surface area contributed by atoms with E-state index in [1.807, 2.05) is 12.1 Å². The summed E-state index contributed by atoms with van der Waals surface area (Å²) in [5.41, 5.74) is 1.02. The van der Waals surface area contributed by atoms with Gasteiger partial charge in [-0.3, -0.25) is 4.98 Å². The van der Waals surface area contributed by atoms with E-state index < -0.39 is 10.0 Å². The van der Waals surface area contributed by atoms with Crippen LogP contribution in [0.15, 0.2) is 47.8 Å². The standard InChI is InChI=1S/C12H12ClN3O2S/c13-12-2-1-11(9-15-12)19(17,18)16-8-5-10-3-6-14-7-4-10/h1-4,6-7,9,16H,5,8H2.